The molecule has 0 bridgehead atoms. The van der Waals surface area contributed by atoms with E-state index >= 15 is 0 Å². The van der Waals surface area contributed by atoms with Crippen LogP contribution in [0.15, 0.2) is 23.0 Å². The van der Waals surface area contributed by atoms with Crippen LogP contribution in [0.1, 0.15) is 29.2 Å². The Bertz CT molecular complexity index is 831. The van der Waals surface area contributed by atoms with Crippen LogP contribution in [0.25, 0.3) is 11.0 Å². The van der Waals surface area contributed by atoms with Gasteiger partial charge in [-0.2, -0.15) is 0 Å². The number of imidazole rings is 1. The molecule has 2 aromatic rings. The van der Waals surface area contributed by atoms with Gasteiger partial charge in [-0.3, -0.25) is 28.8 Å². The fourth-order valence-corrected chi connectivity index (χ4v) is 2.79. The minimum Gasteiger partial charge on any atom is -0.298 e. The highest BCUT2D eigenvalue weighted by atomic mass is 16.2. The van der Waals surface area contributed by atoms with Gasteiger partial charge in [0.05, 0.1) is 11.0 Å². The fourth-order valence-electron chi connectivity index (χ4n) is 2.79. The van der Waals surface area contributed by atoms with Gasteiger partial charge in [0.1, 0.15) is 6.04 Å². The number of carbonyl (C=O) groups is 3. The van der Waals surface area contributed by atoms with Gasteiger partial charge >= 0.3 is 5.69 Å². The second-order valence-corrected chi connectivity index (χ2v) is 5.01. The number of piperidine rings is 1. The minimum absolute atomic E-state index is 0.187. The highest BCUT2D eigenvalue weighted by molar-refractivity contribution is 6.01. The number of nitrogens with zero attached hydrogens (tertiary/aromatic N) is 2. The average molecular weight is 287 g/mol. The lowest BCUT2D eigenvalue weighted by Crippen LogP contribution is -2.44. The molecule has 1 unspecified atom stereocenters. The number of hydrogen-bond acceptors (Lipinski definition) is 4. The molecule has 1 aromatic heterocycles. The molecule has 7 heteroatoms. The summed E-state index contributed by atoms with van der Waals surface area (Å²) in [5.74, 6) is -0.824. The summed E-state index contributed by atoms with van der Waals surface area (Å²) in [5, 5.41) is 2.24. The zero-order valence-corrected chi connectivity index (χ0v) is 11.3. The third-order valence-corrected chi connectivity index (χ3v) is 3.78. The summed E-state index contributed by atoms with van der Waals surface area (Å²) in [6.45, 7) is 0. The molecular weight excluding hydrogens is 274 g/mol. The molecule has 3 rings (SSSR count). The lowest BCUT2D eigenvalue weighted by atomic mass is 10.1. The first-order valence-corrected chi connectivity index (χ1v) is 6.53. The van der Waals surface area contributed by atoms with E-state index < -0.39 is 11.9 Å². The quantitative estimate of drug-likeness (QED) is 0.628. The Morgan fingerprint density at radius 3 is 2.71 bits per heavy atom. The molecular formula is C14H13N3O4. The monoisotopic (exact) mass is 287 g/mol. The van der Waals surface area contributed by atoms with Crippen molar-refractivity contribution in [1.82, 2.24) is 14.5 Å². The molecule has 0 saturated carbocycles. The standard InChI is InChI=1S/C14H13N3O4/c1-16-12-8(7-18)3-2-4-9(12)17(14(16)21)10-5-6-11(19)15-13(10)20/h2-4,7,10H,5-6H2,1H3,(H,15,19,20). The molecule has 2 heterocycles. The number of aryl methyl sites for hydroxylation is 1. The van der Waals surface area contributed by atoms with E-state index in [9.17, 15) is 19.2 Å². The van der Waals surface area contributed by atoms with Gasteiger partial charge in [0, 0.05) is 19.0 Å². The Morgan fingerprint density at radius 2 is 2.05 bits per heavy atom. The number of amides is 2. The Kier molecular flexibility index (Phi) is 2.97. The van der Waals surface area contributed by atoms with Crippen LogP contribution in [-0.4, -0.2) is 27.2 Å². The number of hydrogen-bond donors (Lipinski definition) is 1. The SMILES string of the molecule is Cn1c(=O)n(C2CCC(=O)NC2=O)c2cccc(C=O)c21. The molecule has 1 aromatic carbocycles. The minimum atomic E-state index is -0.735. The molecule has 1 atom stereocenters. The number of rotatable bonds is 2. The summed E-state index contributed by atoms with van der Waals surface area (Å²) in [6.07, 6.45) is 1.14. The fraction of sp³-hybridized carbons (Fsp3) is 0.286. The number of nitrogens with one attached hydrogen (secondary N) is 1. The zero-order valence-electron chi connectivity index (χ0n) is 11.3. The molecule has 0 aliphatic carbocycles. The molecule has 1 N–H and O–H groups in total. The Labute approximate surface area is 119 Å². The van der Waals surface area contributed by atoms with Gasteiger partial charge in [-0.05, 0) is 18.6 Å². The maximum Gasteiger partial charge on any atom is 0.329 e. The van der Waals surface area contributed by atoms with E-state index in [1.54, 1.807) is 25.2 Å². The van der Waals surface area contributed by atoms with E-state index in [4.69, 9.17) is 0 Å². The third-order valence-electron chi connectivity index (χ3n) is 3.78. The van der Waals surface area contributed by atoms with Crippen LogP contribution in [0.2, 0.25) is 0 Å². The molecule has 1 aliphatic heterocycles. The van der Waals surface area contributed by atoms with Crippen LogP contribution in [-0.2, 0) is 16.6 Å². The number of aldehydes is 1. The third kappa shape index (κ3) is 1.89. The molecule has 7 nitrogen and oxygen atoms in total. The summed E-state index contributed by atoms with van der Waals surface area (Å²) in [7, 11) is 1.56. The van der Waals surface area contributed by atoms with Gasteiger partial charge in [0.25, 0.3) is 0 Å². The number of aromatic nitrogens is 2. The first kappa shape index (κ1) is 13.3. The Hall–Kier alpha value is -2.70. The Morgan fingerprint density at radius 1 is 1.29 bits per heavy atom. The van der Waals surface area contributed by atoms with Gasteiger partial charge in [-0.25, -0.2) is 4.79 Å². The number of carbonyl (C=O) groups excluding carboxylic acids is 3. The van der Waals surface area contributed by atoms with Gasteiger partial charge < -0.3 is 0 Å². The highest BCUT2D eigenvalue weighted by Crippen LogP contribution is 2.24. The molecule has 2 amide bonds. The van der Waals surface area contributed by atoms with Crippen molar-refractivity contribution in [3.63, 3.8) is 0 Å². The van der Waals surface area contributed by atoms with Crippen molar-refractivity contribution >= 4 is 29.1 Å². The van der Waals surface area contributed by atoms with E-state index in [1.165, 1.54) is 9.13 Å². The normalized spacial score (nSPS) is 18.8. The molecule has 108 valence electrons. The van der Waals surface area contributed by atoms with E-state index in [0.717, 1.165) is 0 Å². The van der Waals surface area contributed by atoms with Gasteiger partial charge in [0.2, 0.25) is 11.8 Å². The lowest BCUT2D eigenvalue weighted by Gasteiger charge is -2.21. The van der Waals surface area contributed by atoms with Crippen molar-refractivity contribution in [1.29, 1.82) is 0 Å². The van der Waals surface area contributed by atoms with Crippen molar-refractivity contribution < 1.29 is 14.4 Å². The van der Waals surface area contributed by atoms with Crippen LogP contribution in [0, 0.1) is 0 Å². The first-order chi connectivity index (χ1) is 10.0. The topological polar surface area (TPSA) is 90.2 Å². The summed E-state index contributed by atoms with van der Waals surface area (Å²) in [4.78, 5) is 46.8. The second-order valence-electron chi connectivity index (χ2n) is 5.01. The van der Waals surface area contributed by atoms with Crippen molar-refractivity contribution in [2.45, 2.75) is 18.9 Å². The average Bonchev–Trinajstić information content (AvgIpc) is 2.72. The van der Waals surface area contributed by atoms with E-state index in [0.29, 0.717) is 22.9 Å². The Balaban J connectivity index is 2.27. The van der Waals surface area contributed by atoms with Gasteiger partial charge in [0.15, 0.2) is 6.29 Å². The van der Waals surface area contributed by atoms with Crippen LogP contribution >= 0.6 is 0 Å². The van der Waals surface area contributed by atoms with Crippen LogP contribution in [0.3, 0.4) is 0 Å². The van der Waals surface area contributed by atoms with E-state index in [2.05, 4.69) is 5.32 Å². The molecule has 0 radical (unpaired) electrons. The maximum absolute atomic E-state index is 12.4. The summed E-state index contributed by atoms with van der Waals surface area (Å²) in [5.41, 5.74) is 1.01. The van der Waals surface area contributed by atoms with Crippen molar-refractivity contribution in [3.8, 4) is 0 Å². The van der Waals surface area contributed by atoms with Crippen LogP contribution in [0.5, 0.6) is 0 Å². The number of para-hydroxylation sites is 1. The van der Waals surface area contributed by atoms with Gasteiger partial charge in [-0.15, -0.1) is 0 Å². The first-order valence-electron chi connectivity index (χ1n) is 6.53. The predicted molar refractivity (Wildman–Crippen MR) is 74.0 cm³/mol. The summed E-state index contributed by atoms with van der Waals surface area (Å²) in [6, 6.07) is 4.23. The van der Waals surface area contributed by atoms with Crippen molar-refractivity contribution in [2.24, 2.45) is 7.05 Å². The van der Waals surface area contributed by atoms with Crippen LogP contribution < -0.4 is 11.0 Å². The number of benzene rings is 1. The summed E-state index contributed by atoms with van der Waals surface area (Å²) >= 11 is 0. The molecule has 21 heavy (non-hydrogen) atoms. The van der Waals surface area contributed by atoms with Crippen LogP contribution in [0.4, 0.5) is 0 Å². The molecule has 1 fully saturated rings. The largest absolute Gasteiger partial charge is 0.329 e. The number of imide groups is 1. The molecule has 1 saturated heterocycles. The predicted octanol–water partition coefficient (Wildman–Crippen LogP) is 0.130. The van der Waals surface area contributed by atoms with Gasteiger partial charge in [-0.1, -0.05) is 6.07 Å². The zero-order chi connectivity index (χ0) is 15.1. The van der Waals surface area contributed by atoms with E-state index in [-0.39, 0.29) is 24.4 Å². The molecule has 0 spiro atoms. The lowest BCUT2D eigenvalue weighted by molar-refractivity contribution is -0.135. The van der Waals surface area contributed by atoms with E-state index in [1.807, 2.05) is 0 Å². The molecule has 1 aliphatic rings. The second kappa shape index (κ2) is 4.69. The maximum atomic E-state index is 12.4. The number of fused-ring (bicyclic) bond motifs is 1. The van der Waals surface area contributed by atoms with Crippen molar-refractivity contribution in [3.05, 3.63) is 34.2 Å². The van der Waals surface area contributed by atoms with Crippen molar-refractivity contribution in [2.75, 3.05) is 0 Å². The highest BCUT2D eigenvalue weighted by Gasteiger charge is 2.31. The summed E-state index contributed by atoms with van der Waals surface area (Å²) < 4.78 is 2.70. The smallest absolute Gasteiger partial charge is 0.298 e.